The van der Waals surface area contributed by atoms with Gasteiger partial charge in [0.25, 0.3) is 0 Å². The molecule has 0 saturated carbocycles. The number of hydrogen-bond acceptors (Lipinski definition) is 2. The van der Waals surface area contributed by atoms with Crippen LogP contribution in [-0.2, 0) is 0 Å². The number of nitrogens with zero attached hydrogens (tertiary/aromatic N) is 2. The van der Waals surface area contributed by atoms with E-state index in [9.17, 15) is 0 Å². The van der Waals surface area contributed by atoms with Crippen molar-refractivity contribution in [2.45, 2.75) is 13.8 Å². The molecule has 53 heavy (non-hydrogen) atoms. The highest BCUT2D eigenvalue weighted by atomic mass is 16.3. The highest BCUT2D eigenvalue weighted by Gasteiger charge is 2.24. The quantitative estimate of drug-likeness (QED) is 0.174. The van der Waals surface area contributed by atoms with Crippen LogP contribution in [0.1, 0.15) is 11.1 Å². The fourth-order valence-corrected chi connectivity index (χ4v) is 8.31. The van der Waals surface area contributed by atoms with Gasteiger partial charge in [0.1, 0.15) is 11.2 Å². The van der Waals surface area contributed by atoms with E-state index in [2.05, 4.69) is 205 Å². The Morgan fingerprint density at radius 2 is 1.00 bits per heavy atom. The second kappa shape index (κ2) is 12.4. The molecule has 0 N–H and O–H groups in total. The van der Waals surface area contributed by atoms with Gasteiger partial charge in [0.2, 0.25) is 0 Å². The molecule has 252 valence electrons. The van der Waals surface area contributed by atoms with Crippen LogP contribution in [0.15, 0.2) is 186 Å². The van der Waals surface area contributed by atoms with Crippen LogP contribution in [0, 0.1) is 13.8 Å². The number of benzene rings is 8. The SMILES string of the molecule is Cc1cc(-c2ccccc2)cc(C)c1N(c1ccccc1)c1cc(-c2ccccc2-n2c3ccccc3c3ccccc32)c2oc3ccccc3c2c1. The van der Waals surface area contributed by atoms with Crippen LogP contribution < -0.4 is 4.90 Å². The molecule has 0 spiro atoms. The summed E-state index contributed by atoms with van der Waals surface area (Å²) in [6, 6.07) is 65.2. The monoisotopic (exact) mass is 680 g/mol. The Labute approximate surface area is 308 Å². The number of aromatic nitrogens is 1. The second-order valence-electron chi connectivity index (χ2n) is 13.9. The maximum atomic E-state index is 6.82. The van der Waals surface area contributed by atoms with Crippen molar-refractivity contribution in [1.82, 2.24) is 4.57 Å². The molecular formula is C50H36N2O. The van der Waals surface area contributed by atoms with Crippen LogP contribution >= 0.6 is 0 Å². The van der Waals surface area contributed by atoms with E-state index >= 15 is 0 Å². The molecule has 0 aliphatic rings. The molecule has 0 fully saturated rings. The van der Waals surface area contributed by atoms with Crippen molar-refractivity contribution in [2.75, 3.05) is 4.90 Å². The topological polar surface area (TPSA) is 21.3 Å². The lowest BCUT2D eigenvalue weighted by molar-refractivity contribution is 0.670. The average molecular weight is 681 g/mol. The zero-order chi connectivity index (χ0) is 35.5. The highest BCUT2D eigenvalue weighted by Crippen LogP contribution is 2.47. The van der Waals surface area contributed by atoms with Crippen LogP contribution in [0.4, 0.5) is 17.1 Å². The first-order chi connectivity index (χ1) is 26.1. The maximum absolute atomic E-state index is 6.82. The van der Waals surface area contributed by atoms with Crippen molar-refractivity contribution in [2.24, 2.45) is 0 Å². The van der Waals surface area contributed by atoms with Crippen molar-refractivity contribution in [1.29, 1.82) is 0 Å². The van der Waals surface area contributed by atoms with Gasteiger partial charge in [0, 0.05) is 44.0 Å². The van der Waals surface area contributed by atoms with Gasteiger partial charge in [-0.2, -0.15) is 0 Å². The highest BCUT2D eigenvalue weighted by molar-refractivity contribution is 6.14. The second-order valence-corrected chi connectivity index (χ2v) is 13.9. The number of rotatable bonds is 6. The predicted molar refractivity (Wildman–Crippen MR) is 223 cm³/mol. The number of fused-ring (bicyclic) bond motifs is 6. The Morgan fingerprint density at radius 3 is 1.70 bits per heavy atom. The van der Waals surface area contributed by atoms with E-state index in [1.807, 2.05) is 0 Å². The van der Waals surface area contributed by atoms with Gasteiger partial charge in [-0.05, 0) is 96.8 Å². The minimum atomic E-state index is 0.876. The largest absolute Gasteiger partial charge is 0.455 e. The molecule has 0 amide bonds. The molecule has 10 rings (SSSR count). The number of anilines is 3. The fraction of sp³-hybridized carbons (Fsp3) is 0.0400. The van der Waals surface area contributed by atoms with Crippen LogP contribution in [0.3, 0.4) is 0 Å². The minimum absolute atomic E-state index is 0.876. The van der Waals surface area contributed by atoms with Gasteiger partial charge in [-0.3, -0.25) is 0 Å². The van der Waals surface area contributed by atoms with E-state index in [-0.39, 0.29) is 0 Å². The number of hydrogen-bond donors (Lipinski definition) is 0. The Hall–Kier alpha value is -6.84. The minimum Gasteiger partial charge on any atom is -0.455 e. The van der Waals surface area contributed by atoms with Crippen LogP contribution in [0.5, 0.6) is 0 Å². The molecule has 0 aliphatic carbocycles. The summed E-state index contributed by atoms with van der Waals surface area (Å²) < 4.78 is 9.23. The average Bonchev–Trinajstić information content (AvgIpc) is 3.75. The summed E-state index contributed by atoms with van der Waals surface area (Å²) >= 11 is 0. The van der Waals surface area contributed by atoms with Crippen molar-refractivity contribution in [3.63, 3.8) is 0 Å². The third-order valence-corrected chi connectivity index (χ3v) is 10.6. The van der Waals surface area contributed by atoms with Crippen molar-refractivity contribution < 1.29 is 4.42 Å². The first kappa shape index (κ1) is 30.9. The number of furan rings is 1. The van der Waals surface area contributed by atoms with E-state index in [1.165, 1.54) is 49.7 Å². The first-order valence-corrected chi connectivity index (χ1v) is 18.2. The number of aryl methyl sites for hydroxylation is 2. The summed E-state index contributed by atoms with van der Waals surface area (Å²) in [6.45, 7) is 4.46. The van der Waals surface area contributed by atoms with Gasteiger partial charge in [-0.15, -0.1) is 0 Å². The van der Waals surface area contributed by atoms with E-state index in [1.54, 1.807) is 0 Å². The first-order valence-electron chi connectivity index (χ1n) is 18.2. The molecule has 0 saturated heterocycles. The summed E-state index contributed by atoms with van der Waals surface area (Å²) in [6.07, 6.45) is 0. The number of para-hydroxylation sites is 5. The summed E-state index contributed by atoms with van der Waals surface area (Å²) in [5.74, 6) is 0. The molecule has 2 heterocycles. The molecule has 10 aromatic rings. The molecule has 2 aromatic heterocycles. The van der Waals surface area contributed by atoms with Gasteiger partial charge in [-0.1, -0.05) is 121 Å². The zero-order valence-electron chi connectivity index (χ0n) is 29.6. The molecule has 0 atom stereocenters. The van der Waals surface area contributed by atoms with Gasteiger partial charge in [-0.25, -0.2) is 0 Å². The van der Waals surface area contributed by atoms with Crippen LogP contribution in [0.2, 0.25) is 0 Å². The molecule has 3 heteroatoms. The summed E-state index contributed by atoms with van der Waals surface area (Å²) in [4.78, 5) is 2.42. The summed E-state index contributed by atoms with van der Waals surface area (Å²) in [5, 5.41) is 4.66. The van der Waals surface area contributed by atoms with Crippen LogP contribution in [0.25, 0.3) is 71.7 Å². The van der Waals surface area contributed by atoms with Gasteiger partial charge >= 0.3 is 0 Å². The lowest BCUT2D eigenvalue weighted by Gasteiger charge is -2.30. The van der Waals surface area contributed by atoms with Crippen molar-refractivity contribution in [3.05, 3.63) is 193 Å². The standard InChI is InChI=1S/C50H36N2O/c1-33-29-36(35-17-5-3-6-18-35)30-34(2)49(33)51(37-19-7-4-8-20-37)38-31-43(50-44(32-38)42-24-12-16-28-48(42)53-50)41-23-11-15-27-47(41)52-45-25-13-9-21-39(45)40-22-10-14-26-46(40)52/h3-32H,1-2H3. The van der Waals surface area contributed by atoms with E-state index in [4.69, 9.17) is 4.42 Å². The normalized spacial score (nSPS) is 11.6. The molecule has 0 unspecified atom stereocenters. The predicted octanol–water partition coefficient (Wildman–Crippen LogP) is 14.1. The molecule has 8 aromatic carbocycles. The lowest BCUT2D eigenvalue weighted by atomic mass is 9.96. The Morgan fingerprint density at radius 1 is 0.434 bits per heavy atom. The van der Waals surface area contributed by atoms with E-state index in [0.29, 0.717) is 0 Å². The van der Waals surface area contributed by atoms with Crippen molar-refractivity contribution in [3.8, 4) is 27.9 Å². The van der Waals surface area contributed by atoms with Gasteiger partial charge in [0.05, 0.1) is 22.4 Å². The van der Waals surface area contributed by atoms with Crippen molar-refractivity contribution >= 4 is 60.8 Å². The summed E-state index contributed by atoms with van der Waals surface area (Å²) in [5.41, 5.74) is 15.5. The Bertz CT molecular complexity index is 2890. The van der Waals surface area contributed by atoms with E-state index in [0.717, 1.165) is 50.1 Å². The molecule has 0 aliphatic heterocycles. The molecular weight excluding hydrogens is 645 g/mol. The molecule has 0 radical (unpaired) electrons. The fourth-order valence-electron chi connectivity index (χ4n) is 8.31. The van der Waals surface area contributed by atoms with Crippen LogP contribution in [-0.4, -0.2) is 4.57 Å². The third-order valence-electron chi connectivity index (χ3n) is 10.6. The Kier molecular flexibility index (Phi) is 7.26. The van der Waals surface area contributed by atoms with Gasteiger partial charge < -0.3 is 13.9 Å². The molecule has 0 bridgehead atoms. The van der Waals surface area contributed by atoms with E-state index < -0.39 is 0 Å². The zero-order valence-corrected chi connectivity index (χ0v) is 29.6. The third kappa shape index (κ3) is 5.04. The summed E-state index contributed by atoms with van der Waals surface area (Å²) in [7, 11) is 0. The smallest absolute Gasteiger partial charge is 0.143 e. The molecule has 3 nitrogen and oxygen atoms in total. The maximum Gasteiger partial charge on any atom is 0.143 e. The van der Waals surface area contributed by atoms with Gasteiger partial charge in [0.15, 0.2) is 0 Å². The lowest BCUT2D eigenvalue weighted by Crippen LogP contribution is -2.13. The Balaban J connectivity index is 1.27.